The number of fused-ring (bicyclic) bond motifs is 2. The monoisotopic (exact) mass is 1420 g/mol. The highest BCUT2D eigenvalue weighted by atomic mass is 16.4. The number of carboxylic acids is 1. The van der Waals surface area contributed by atoms with Gasteiger partial charge in [0.15, 0.2) is 44.0 Å². The van der Waals surface area contributed by atoms with Gasteiger partial charge in [-0.3, -0.25) is 38.4 Å². The van der Waals surface area contributed by atoms with Crippen molar-refractivity contribution in [3.63, 3.8) is 0 Å². The van der Waals surface area contributed by atoms with Crippen molar-refractivity contribution in [3.8, 4) is 46.0 Å². The van der Waals surface area contributed by atoms with Crippen molar-refractivity contribution in [2.24, 2.45) is 0 Å². The van der Waals surface area contributed by atoms with Gasteiger partial charge in [-0.2, -0.15) is 0 Å². The maximum atomic E-state index is 11.1. The summed E-state index contributed by atoms with van der Waals surface area (Å²) in [6.07, 6.45) is 8.49. The number of rotatable bonds is 17. The summed E-state index contributed by atoms with van der Waals surface area (Å²) in [7, 11) is 0. The average Bonchev–Trinajstić information content (AvgIpc) is 0.783. The first-order valence-corrected chi connectivity index (χ1v) is 32.2. The molecule has 0 aromatic heterocycles. The van der Waals surface area contributed by atoms with E-state index in [1.165, 1.54) is 48.5 Å². The fourth-order valence-electron chi connectivity index (χ4n) is 9.52. The van der Waals surface area contributed by atoms with Crippen LogP contribution in [0, 0.1) is 6.92 Å². The first kappa shape index (κ1) is 85.4. The van der Waals surface area contributed by atoms with Crippen LogP contribution < -0.4 is 10.6 Å². The maximum absolute atomic E-state index is 11.1. The summed E-state index contributed by atoms with van der Waals surface area (Å²) in [5.41, 5.74) is 12.6. The van der Waals surface area contributed by atoms with Crippen molar-refractivity contribution in [3.05, 3.63) is 297 Å². The normalized spacial score (nSPS) is 9.66. The quantitative estimate of drug-likeness (QED) is 0.0230. The number of aromatic carboxylic acids is 1. The van der Waals surface area contributed by atoms with Crippen LogP contribution in [-0.4, -0.2) is 122 Å². The average molecular weight is 1420 g/mol. The molecular formula is C84H82N2O19. The van der Waals surface area contributed by atoms with Crippen molar-refractivity contribution in [2.45, 2.75) is 53.4 Å². The van der Waals surface area contributed by atoms with Gasteiger partial charge in [0.05, 0.1) is 38.9 Å². The van der Waals surface area contributed by atoms with E-state index in [2.05, 4.69) is 25.3 Å². The Hall–Kier alpha value is -13.8. The minimum Gasteiger partial charge on any atom is -0.508 e. The Morgan fingerprint density at radius 2 is 0.962 bits per heavy atom. The Labute approximate surface area is 607 Å². The summed E-state index contributed by atoms with van der Waals surface area (Å²) in [6, 6.07) is 58.8. The first-order valence-electron chi connectivity index (χ1n) is 32.2. The zero-order valence-electron chi connectivity index (χ0n) is 58.2. The molecule has 0 aliphatic rings. The molecule has 0 bridgehead atoms. The van der Waals surface area contributed by atoms with Gasteiger partial charge in [0.1, 0.15) is 58.6 Å². The highest BCUT2D eigenvalue weighted by Gasteiger charge is 2.15. The molecule has 0 unspecified atom stereocenters. The Morgan fingerprint density at radius 3 is 1.48 bits per heavy atom. The molecule has 21 heteroatoms. The smallest absolute Gasteiger partial charge is 0.336 e. The second kappa shape index (κ2) is 45.8. The molecule has 0 amide bonds. The number of carbonyl (C=O) groups is 10. The lowest BCUT2D eigenvalue weighted by atomic mass is 9.95. The Bertz CT molecular complexity index is 4730. The summed E-state index contributed by atoms with van der Waals surface area (Å²) < 4.78 is 0. The third-order valence-electron chi connectivity index (χ3n) is 15.0. The number of nitrogen functional groups attached to an aromatic ring is 1. The molecule has 21 nitrogen and oxygen atoms in total. The molecule has 0 aliphatic heterocycles. The molecule has 11 N–H and O–H groups in total. The predicted octanol–water partition coefficient (Wildman–Crippen LogP) is 15.7. The summed E-state index contributed by atoms with van der Waals surface area (Å²) in [4.78, 5) is 106. The van der Waals surface area contributed by atoms with Crippen molar-refractivity contribution in [1.29, 1.82) is 0 Å². The number of phenolic OH excluding ortho intramolecular Hbond substituents is 8. The van der Waals surface area contributed by atoms with Crippen molar-refractivity contribution < 1.29 is 93.9 Å². The SMILES string of the molecule is C=CCc1cccc(C=O)c1O.CCN(CC)c1cc(O)c(C=O)c2ccccc12.Cc1ccc(C(C)C)c(C=O)c1O.Nc1ccc(C=O)c(O)c1.O=CCc1ccccc1O.O=Cc1c(O)ccc2ccccc12.O=Cc1cccc(O)c1.O=Cc1ccccc1C(=O)O.O=Cc1ccccc1O. The zero-order chi connectivity index (χ0) is 78.0. The van der Waals surface area contributed by atoms with Gasteiger partial charge >= 0.3 is 5.97 Å². The predicted molar refractivity (Wildman–Crippen MR) is 407 cm³/mol. The Balaban J connectivity index is 0.000000309. The van der Waals surface area contributed by atoms with Crippen LogP contribution in [0.15, 0.2) is 225 Å². The van der Waals surface area contributed by atoms with E-state index in [0.29, 0.717) is 95.1 Å². The molecule has 0 radical (unpaired) electrons. The van der Waals surface area contributed by atoms with E-state index in [4.69, 9.17) is 31.3 Å². The van der Waals surface area contributed by atoms with Crippen molar-refractivity contribution >= 4 is 95.5 Å². The van der Waals surface area contributed by atoms with E-state index in [1.54, 1.807) is 116 Å². The number of aromatic hydroxyl groups is 8. The minimum absolute atomic E-state index is 0.0347. The number of nitrogens with zero attached hydrogens (tertiary/aromatic N) is 1. The number of allylic oxidation sites excluding steroid dienone is 1. The van der Waals surface area contributed by atoms with Crippen molar-refractivity contribution in [1.82, 2.24) is 0 Å². The standard InChI is InChI=1S/C15H17NO2.C11H8O2.C11H14O2.C10H10O2.C8H6O3.C8H8O2.C7H7NO2.2C7H6O2/c1-3-16(4-2)14-9-15(18)13(10-17)11-7-5-6-8-12(11)14;12-7-10-9-4-2-1-3-8(9)5-6-11(10)13;1-7(2)9-5-4-8(3)11(13)10(9)6-12;1-2-4-8-5-3-6-9(7-11)10(8)12;9-5-6-3-1-2-4-7(6)8(10)11;9-6-5-7-3-1-2-4-8(7)10;8-6-2-1-5(4-9)7(10)3-6;8-5-6-2-1-3-7(9)4-6;8-5-6-3-1-2-4-7(6)9/h5-10,18H,3-4H2,1-2H3;1-7,13H;4-7,13H,1-3H3;2-3,5-7,12H,1,4H2;1-5H,(H,10,11);1-4,6,10H,5H2;1-4,10H,8H2;2*1-5,9H. The molecule has 105 heavy (non-hydrogen) atoms. The number of phenols is 8. The molecule has 542 valence electrons. The minimum atomic E-state index is -1.08. The number of hydrogen-bond acceptors (Lipinski definition) is 20. The van der Waals surface area contributed by atoms with Crippen LogP contribution in [0.3, 0.4) is 0 Å². The second-order valence-electron chi connectivity index (χ2n) is 22.3. The van der Waals surface area contributed by atoms with Gasteiger partial charge in [0.2, 0.25) is 0 Å². The molecule has 0 aliphatic carbocycles. The molecule has 11 aromatic carbocycles. The number of aldehydes is 9. The van der Waals surface area contributed by atoms with Gasteiger partial charge in [0, 0.05) is 65.1 Å². The van der Waals surface area contributed by atoms with Crippen LogP contribution in [0.25, 0.3) is 21.5 Å². The van der Waals surface area contributed by atoms with Crippen LogP contribution >= 0.6 is 0 Å². The number of carbonyl (C=O) groups excluding carboxylic acids is 9. The van der Waals surface area contributed by atoms with Crippen LogP contribution in [0.5, 0.6) is 46.0 Å². The number of para-hydroxylation sites is 3. The Kier molecular flexibility index (Phi) is 37.2. The lowest BCUT2D eigenvalue weighted by Gasteiger charge is -2.23. The van der Waals surface area contributed by atoms with Gasteiger partial charge in [-0.25, -0.2) is 4.79 Å². The largest absolute Gasteiger partial charge is 0.508 e. The van der Waals surface area contributed by atoms with Crippen LogP contribution in [0.1, 0.15) is 149 Å². The highest BCUT2D eigenvalue weighted by Crippen LogP contribution is 2.35. The third-order valence-corrected chi connectivity index (χ3v) is 15.0. The van der Waals surface area contributed by atoms with E-state index < -0.39 is 5.97 Å². The number of carboxylic acid groups (broad SMARTS) is 1. The van der Waals surface area contributed by atoms with Gasteiger partial charge in [-0.15, -0.1) is 6.58 Å². The molecule has 0 saturated carbocycles. The summed E-state index contributed by atoms with van der Waals surface area (Å²) in [5, 5.41) is 86.2. The molecular weight excluding hydrogens is 1340 g/mol. The fourth-order valence-corrected chi connectivity index (χ4v) is 9.52. The number of benzene rings is 11. The maximum Gasteiger partial charge on any atom is 0.336 e. The van der Waals surface area contributed by atoms with Crippen LogP contribution in [-0.2, 0) is 17.6 Å². The molecule has 0 spiro atoms. The summed E-state index contributed by atoms with van der Waals surface area (Å²) in [6.45, 7) is 15.2. The molecule has 0 fully saturated rings. The fraction of sp³-hybridized carbons (Fsp3) is 0.119. The second-order valence-corrected chi connectivity index (χ2v) is 22.3. The lowest BCUT2D eigenvalue weighted by molar-refractivity contribution is -0.107. The number of nitrogens with two attached hydrogens (primary N) is 1. The van der Waals surface area contributed by atoms with Gasteiger partial charge < -0.3 is 61.4 Å². The highest BCUT2D eigenvalue weighted by molar-refractivity contribution is 6.07. The van der Waals surface area contributed by atoms with E-state index in [9.17, 15) is 68.4 Å². The first-order chi connectivity index (χ1) is 50.4. The third kappa shape index (κ3) is 26.7. The lowest BCUT2D eigenvalue weighted by Crippen LogP contribution is -2.22. The van der Waals surface area contributed by atoms with Gasteiger partial charge in [-0.05, 0) is 127 Å². The zero-order valence-corrected chi connectivity index (χ0v) is 58.2. The van der Waals surface area contributed by atoms with E-state index in [1.807, 2.05) is 74.5 Å². The number of aryl methyl sites for hydroxylation is 1. The van der Waals surface area contributed by atoms with Crippen LogP contribution in [0.4, 0.5) is 11.4 Å². The van der Waals surface area contributed by atoms with E-state index in [0.717, 1.165) is 69.6 Å². The molecule has 0 saturated heterocycles. The van der Waals surface area contributed by atoms with Crippen LogP contribution in [0.2, 0.25) is 0 Å². The summed E-state index contributed by atoms with van der Waals surface area (Å²) >= 11 is 0. The van der Waals surface area contributed by atoms with Gasteiger partial charge in [-0.1, -0.05) is 159 Å². The molecule has 0 atom stereocenters. The molecule has 11 aromatic rings. The number of anilines is 2. The number of hydrogen-bond donors (Lipinski definition) is 10. The molecule has 11 rings (SSSR count). The van der Waals surface area contributed by atoms with Gasteiger partial charge in [0.25, 0.3) is 0 Å². The Morgan fingerprint density at radius 1 is 0.438 bits per heavy atom. The molecule has 0 heterocycles. The van der Waals surface area contributed by atoms with E-state index >= 15 is 0 Å². The van der Waals surface area contributed by atoms with E-state index in [-0.39, 0.29) is 75.0 Å². The topological polar surface area (TPSA) is 382 Å². The summed E-state index contributed by atoms with van der Waals surface area (Å²) in [5.74, 6) is -0.288. The van der Waals surface area contributed by atoms with Crippen molar-refractivity contribution in [2.75, 3.05) is 23.7 Å².